The summed E-state index contributed by atoms with van der Waals surface area (Å²) in [7, 11) is 0. The summed E-state index contributed by atoms with van der Waals surface area (Å²) in [6.07, 6.45) is 3.83. The summed E-state index contributed by atoms with van der Waals surface area (Å²) in [5.74, 6) is 0.221. The van der Waals surface area contributed by atoms with Gasteiger partial charge in [-0.3, -0.25) is 9.78 Å². The molecule has 0 fully saturated rings. The van der Waals surface area contributed by atoms with Crippen molar-refractivity contribution in [2.24, 2.45) is 5.73 Å². The predicted octanol–water partition coefficient (Wildman–Crippen LogP) is 1.62. The number of rotatable bonds is 5. The molecule has 15 heavy (non-hydrogen) atoms. The molecular weight excluding hydrogens is 192 g/mol. The zero-order chi connectivity index (χ0) is 11.3. The largest absolute Gasteiger partial charge is 0.494 e. The molecule has 1 aromatic heterocycles. The van der Waals surface area contributed by atoms with Gasteiger partial charge in [-0.25, -0.2) is 0 Å². The van der Waals surface area contributed by atoms with Crippen LogP contribution in [0.1, 0.15) is 29.3 Å². The molecule has 0 bridgehead atoms. The molecule has 0 spiro atoms. The van der Waals surface area contributed by atoms with E-state index in [1.54, 1.807) is 12.3 Å². The van der Waals surface area contributed by atoms with Crippen molar-refractivity contribution in [3.05, 3.63) is 41.9 Å². The van der Waals surface area contributed by atoms with Crippen molar-refractivity contribution >= 4 is 5.91 Å². The van der Waals surface area contributed by atoms with E-state index in [0.29, 0.717) is 17.9 Å². The van der Waals surface area contributed by atoms with Gasteiger partial charge in [0.2, 0.25) is 5.91 Å². The first-order valence-corrected chi connectivity index (χ1v) is 4.67. The second kappa shape index (κ2) is 5.14. The van der Waals surface area contributed by atoms with Crippen molar-refractivity contribution in [1.82, 2.24) is 4.98 Å². The molecule has 1 aromatic rings. The van der Waals surface area contributed by atoms with Gasteiger partial charge in [-0.05, 0) is 6.07 Å². The van der Waals surface area contributed by atoms with Gasteiger partial charge in [0, 0.05) is 24.4 Å². The van der Waals surface area contributed by atoms with E-state index in [2.05, 4.69) is 11.6 Å². The first-order valence-electron chi connectivity index (χ1n) is 4.67. The molecule has 4 nitrogen and oxygen atoms in total. The molecule has 0 aliphatic rings. The zero-order valence-corrected chi connectivity index (χ0v) is 8.69. The number of hydrogen-bond donors (Lipinski definition) is 1. The minimum Gasteiger partial charge on any atom is -0.494 e. The van der Waals surface area contributed by atoms with E-state index in [1.807, 2.05) is 6.92 Å². The first-order chi connectivity index (χ1) is 7.13. The first kappa shape index (κ1) is 11.2. The lowest BCUT2D eigenvalue weighted by atomic mass is 10.2. The molecule has 80 valence electrons. The number of hydrogen-bond acceptors (Lipinski definition) is 3. The van der Waals surface area contributed by atoms with Crippen molar-refractivity contribution in [1.29, 1.82) is 0 Å². The maximum absolute atomic E-state index is 10.9. The predicted molar refractivity (Wildman–Crippen MR) is 57.0 cm³/mol. The highest BCUT2D eigenvalue weighted by atomic mass is 16.5. The highest BCUT2D eigenvalue weighted by Gasteiger charge is 2.02. The molecular formula is C11H14N2O2. The molecule has 1 amide bonds. The van der Waals surface area contributed by atoms with E-state index >= 15 is 0 Å². The van der Waals surface area contributed by atoms with Gasteiger partial charge in [-0.1, -0.05) is 13.5 Å². The Balaban J connectivity index is 2.66. The number of pyridine rings is 1. The molecule has 0 saturated carbocycles. The fourth-order valence-corrected chi connectivity index (χ4v) is 0.989. The molecule has 0 radical (unpaired) electrons. The minimum absolute atomic E-state index is 0.362. The Morgan fingerprint density at radius 2 is 2.33 bits per heavy atom. The standard InChI is InChI=1S/C11H14N2O2/c1-3-8(2)15-7-9-4-10(11(12)14)6-13-5-9/h4-6H,2-3,7H2,1H3,(H2,12,14). The SMILES string of the molecule is C=C(CC)OCc1cncc(C(N)=O)c1. The topological polar surface area (TPSA) is 65.2 Å². The van der Waals surface area contributed by atoms with E-state index in [1.165, 1.54) is 6.20 Å². The van der Waals surface area contributed by atoms with Gasteiger partial charge in [-0.2, -0.15) is 0 Å². The fraction of sp³-hybridized carbons (Fsp3) is 0.273. The van der Waals surface area contributed by atoms with Crippen molar-refractivity contribution in [2.45, 2.75) is 20.0 Å². The van der Waals surface area contributed by atoms with Crippen molar-refractivity contribution < 1.29 is 9.53 Å². The number of nitrogens with zero attached hydrogens (tertiary/aromatic N) is 1. The number of amides is 1. The van der Waals surface area contributed by atoms with Crippen LogP contribution < -0.4 is 5.73 Å². The molecule has 0 saturated heterocycles. The van der Waals surface area contributed by atoms with Crippen LogP contribution in [-0.4, -0.2) is 10.9 Å². The normalized spacial score (nSPS) is 9.67. The maximum atomic E-state index is 10.9. The summed E-state index contributed by atoms with van der Waals surface area (Å²) < 4.78 is 5.33. The Labute approximate surface area is 88.8 Å². The van der Waals surface area contributed by atoms with Crippen LogP contribution in [0.2, 0.25) is 0 Å². The summed E-state index contributed by atoms with van der Waals surface area (Å²) in [5, 5.41) is 0. The van der Waals surface area contributed by atoms with E-state index in [9.17, 15) is 4.79 Å². The number of ether oxygens (including phenoxy) is 1. The molecule has 1 rings (SSSR count). The van der Waals surface area contributed by atoms with Gasteiger partial charge in [-0.15, -0.1) is 0 Å². The Hall–Kier alpha value is -1.84. The quantitative estimate of drug-likeness (QED) is 0.744. The van der Waals surface area contributed by atoms with Crippen molar-refractivity contribution in [3.8, 4) is 0 Å². The molecule has 0 aliphatic carbocycles. The third-order valence-corrected chi connectivity index (χ3v) is 1.92. The molecule has 0 aromatic carbocycles. The van der Waals surface area contributed by atoms with Crippen LogP contribution in [0.5, 0.6) is 0 Å². The van der Waals surface area contributed by atoms with Crippen molar-refractivity contribution in [2.75, 3.05) is 0 Å². The average molecular weight is 206 g/mol. The second-order valence-corrected chi connectivity index (χ2v) is 3.13. The van der Waals surface area contributed by atoms with E-state index in [0.717, 1.165) is 12.0 Å². The Morgan fingerprint density at radius 1 is 1.60 bits per heavy atom. The molecule has 0 atom stereocenters. The highest BCUT2D eigenvalue weighted by Crippen LogP contribution is 2.07. The van der Waals surface area contributed by atoms with Crippen LogP contribution in [0.4, 0.5) is 0 Å². The summed E-state index contributed by atoms with van der Waals surface area (Å²) in [5.41, 5.74) is 6.32. The van der Waals surface area contributed by atoms with Gasteiger partial charge < -0.3 is 10.5 Å². The third-order valence-electron chi connectivity index (χ3n) is 1.92. The van der Waals surface area contributed by atoms with Crippen molar-refractivity contribution in [3.63, 3.8) is 0 Å². The van der Waals surface area contributed by atoms with E-state index in [-0.39, 0.29) is 0 Å². The van der Waals surface area contributed by atoms with Gasteiger partial charge >= 0.3 is 0 Å². The molecule has 4 heteroatoms. The van der Waals surface area contributed by atoms with Crippen LogP contribution in [0.3, 0.4) is 0 Å². The van der Waals surface area contributed by atoms with Gasteiger partial charge in [0.25, 0.3) is 0 Å². The molecule has 0 unspecified atom stereocenters. The van der Waals surface area contributed by atoms with Gasteiger partial charge in [0.05, 0.1) is 11.3 Å². The average Bonchev–Trinajstić information content (AvgIpc) is 2.26. The van der Waals surface area contributed by atoms with Crippen LogP contribution in [0.25, 0.3) is 0 Å². The Morgan fingerprint density at radius 3 is 2.93 bits per heavy atom. The zero-order valence-electron chi connectivity index (χ0n) is 8.69. The van der Waals surface area contributed by atoms with E-state index < -0.39 is 5.91 Å². The number of nitrogens with two attached hydrogens (primary N) is 1. The highest BCUT2D eigenvalue weighted by molar-refractivity contribution is 5.92. The monoisotopic (exact) mass is 206 g/mol. The van der Waals surface area contributed by atoms with Crippen LogP contribution in [-0.2, 0) is 11.3 Å². The second-order valence-electron chi connectivity index (χ2n) is 3.13. The smallest absolute Gasteiger partial charge is 0.250 e. The van der Waals surface area contributed by atoms with Crippen LogP contribution in [0, 0.1) is 0 Å². The number of allylic oxidation sites excluding steroid dienone is 1. The van der Waals surface area contributed by atoms with Gasteiger partial charge in [0.1, 0.15) is 6.61 Å². The Kier molecular flexibility index (Phi) is 3.85. The lowest BCUT2D eigenvalue weighted by molar-refractivity contribution is 0.0999. The summed E-state index contributed by atoms with van der Waals surface area (Å²) in [6.45, 7) is 6.03. The number of carbonyl (C=O) groups is 1. The summed E-state index contributed by atoms with van der Waals surface area (Å²) in [6, 6.07) is 1.66. The molecule has 2 N–H and O–H groups in total. The van der Waals surface area contributed by atoms with Crippen LogP contribution in [0.15, 0.2) is 30.8 Å². The van der Waals surface area contributed by atoms with E-state index in [4.69, 9.17) is 10.5 Å². The molecule has 1 heterocycles. The minimum atomic E-state index is -0.487. The lowest BCUT2D eigenvalue weighted by Crippen LogP contribution is -2.11. The third kappa shape index (κ3) is 3.42. The fourth-order valence-electron chi connectivity index (χ4n) is 0.989. The lowest BCUT2D eigenvalue weighted by Gasteiger charge is -2.07. The maximum Gasteiger partial charge on any atom is 0.250 e. The number of aromatic nitrogens is 1. The van der Waals surface area contributed by atoms with Crippen LogP contribution >= 0.6 is 0 Å². The molecule has 0 aliphatic heterocycles. The summed E-state index contributed by atoms with van der Waals surface area (Å²) >= 11 is 0. The Bertz CT molecular complexity index is 375. The summed E-state index contributed by atoms with van der Waals surface area (Å²) in [4.78, 5) is 14.8. The number of carbonyl (C=O) groups excluding carboxylic acids is 1. The van der Waals surface area contributed by atoms with Gasteiger partial charge in [0.15, 0.2) is 0 Å². The number of primary amides is 1.